The lowest BCUT2D eigenvalue weighted by molar-refractivity contribution is 0.208. The molecule has 1 N–H and O–H groups in total. The molecule has 19 heavy (non-hydrogen) atoms. The maximum absolute atomic E-state index is 12.0. The Balaban J connectivity index is 2.04. The number of benzene rings is 1. The Kier molecular flexibility index (Phi) is 4.34. The highest BCUT2D eigenvalue weighted by Crippen LogP contribution is 2.21. The zero-order valence-electron chi connectivity index (χ0n) is 10.5. The molecule has 7 heteroatoms. The van der Waals surface area contributed by atoms with Gasteiger partial charge in [-0.3, -0.25) is 5.32 Å². The van der Waals surface area contributed by atoms with E-state index in [0.717, 1.165) is 17.3 Å². The third-order valence-electron chi connectivity index (χ3n) is 2.85. The molecule has 0 aliphatic carbocycles. The molecule has 2 amide bonds. The summed E-state index contributed by atoms with van der Waals surface area (Å²) in [5.74, 6) is 0.463. The van der Waals surface area contributed by atoms with Gasteiger partial charge >= 0.3 is 6.03 Å². The van der Waals surface area contributed by atoms with Crippen molar-refractivity contribution in [1.29, 1.82) is 0 Å². The van der Waals surface area contributed by atoms with Gasteiger partial charge in [-0.15, -0.1) is 0 Å². The van der Waals surface area contributed by atoms with E-state index in [0.29, 0.717) is 10.8 Å². The quantitative estimate of drug-likeness (QED) is 0.944. The third kappa shape index (κ3) is 3.42. The maximum atomic E-state index is 12.0. The average Bonchev–Trinajstić information content (AvgIpc) is 2.90. The van der Waals surface area contributed by atoms with Gasteiger partial charge in [-0.25, -0.2) is 4.79 Å². The summed E-state index contributed by atoms with van der Waals surface area (Å²) in [7, 11) is 1.73. The van der Waals surface area contributed by atoms with Crippen molar-refractivity contribution in [1.82, 2.24) is 13.6 Å². The smallest absolute Gasteiger partial charge is 0.321 e. The number of aromatic nitrogens is 2. The number of rotatable bonds is 3. The largest absolute Gasteiger partial charge is 0.323 e. The minimum atomic E-state index is -0.227. The fourth-order valence-electron chi connectivity index (χ4n) is 1.56. The van der Waals surface area contributed by atoms with Crippen LogP contribution in [0.5, 0.6) is 0 Å². The molecule has 1 heterocycles. The molecule has 100 valence electrons. The normalized spacial score (nSPS) is 11.9. The lowest BCUT2D eigenvalue weighted by atomic mass is 10.1. The summed E-state index contributed by atoms with van der Waals surface area (Å²) < 4.78 is 7.77. The number of carbonyl (C=O) groups excluding carboxylic acids is 1. The highest BCUT2D eigenvalue weighted by atomic mass is 35.5. The van der Waals surface area contributed by atoms with E-state index >= 15 is 0 Å². The molecule has 2 aromatic rings. The van der Waals surface area contributed by atoms with Crippen molar-refractivity contribution >= 4 is 35.2 Å². The highest BCUT2D eigenvalue weighted by Gasteiger charge is 2.17. The summed E-state index contributed by atoms with van der Waals surface area (Å²) in [6.45, 7) is 1.95. The van der Waals surface area contributed by atoms with Gasteiger partial charge in [0.1, 0.15) is 0 Å². The van der Waals surface area contributed by atoms with E-state index in [1.54, 1.807) is 11.9 Å². The van der Waals surface area contributed by atoms with Gasteiger partial charge in [0.25, 0.3) is 0 Å². The number of carbonyl (C=O) groups is 1. The number of hydrogen-bond donors (Lipinski definition) is 1. The van der Waals surface area contributed by atoms with E-state index in [1.165, 1.54) is 6.20 Å². The number of amides is 2. The third-order valence-corrected chi connectivity index (χ3v) is 3.58. The van der Waals surface area contributed by atoms with Crippen LogP contribution in [0.3, 0.4) is 0 Å². The van der Waals surface area contributed by atoms with Crippen LogP contribution < -0.4 is 5.32 Å². The second kappa shape index (κ2) is 5.99. The standard InChI is InChI=1S/C12H13ClN4OS/c1-8(9-3-5-10(13)6-4-9)17(2)12(18)15-11-7-14-19-16-11/h3-8H,1-2H3,(H,15,16,18). The molecule has 1 unspecified atom stereocenters. The Hall–Kier alpha value is -1.66. The van der Waals surface area contributed by atoms with Gasteiger partial charge in [0.2, 0.25) is 0 Å². The average molecular weight is 297 g/mol. The number of hydrogen-bond acceptors (Lipinski definition) is 4. The van der Waals surface area contributed by atoms with E-state index in [9.17, 15) is 4.79 Å². The molecule has 5 nitrogen and oxygen atoms in total. The van der Waals surface area contributed by atoms with Crippen LogP contribution in [-0.4, -0.2) is 26.7 Å². The predicted octanol–water partition coefficient (Wildman–Crippen LogP) is 3.42. The Bertz CT molecular complexity index is 543. The summed E-state index contributed by atoms with van der Waals surface area (Å²) in [5, 5.41) is 3.36. The van der Waals surface area contributed by atoms with Crippen LogP contribution in [-0.2, 0) is 0 Å². The minimum absolute atomic E-state index is 0.0659. The zero-order valence-corrected chi connectivity index (χ0v) is 12.1. The van der Waals surface area contributed by atoms with Gasteiger partial charge in [-0.05, 0) is 24.6 Å². The van der Waals surface area contributed by atoms with E-state index in [2.05, 4.69) is 14.1 Å². The molecule has 0 bridgehead atoms. The van der Waals surface area contributed by atoms with Crippen LogP contribution in [0.2, 0.25) is 5.02 Å². The van der Waals surface area contributed by atoms with Crippen LogP contribution in [0.15, 0.2) is 30.5 Å². The van der Waals surface area contributed by atoms with Crippen molar-refractivity contribution in [3.05, 3.63) is 41.0 Å². The molecule has 0 fully saturated rings. The van der Waals surface area contributed by atoms with Crippen LogP contribution in [0.1, 0.15) is 18.5 Å². The lowest BCUT2D eigenvalue weighted by Crippen LogP contribution is -2.33. The second-order valence-corrected chi connectivity index (χ2v) is 5.05. The summed E-state index contributed by atoms with van der Waals surface area (Å²) in [6, 6.07) is 7.13. The fourth-order valence-corrected chi connectivity index (χ4v) is 2.06. The summed E-state index contributed by atoms with van der Waals surface area (Å²) >= 11 is 6.90. The molecule has 0 aliphatic rings. The van der Waals surface area contributed by atoms with Crippen LogP contribution in [0.4, 0.5) is 10.6 Å². The zero-order chi connectivity index (χ0) is 13.8. The first-order valence-electron chi connectivity index (χ1n) is 5.65. The van der Waals surface area contributed by atoms with Gasteiger partial charge < -0.3 is 4.90 Å². The van der Waals surface area contributed by atoms with Gasteiger partial charge in [-0.2, -0.15) is 8.75 Å². The minimum Gasteiger partial charge on any atom is -0.321 e. The first-order valence-corrected chi connectivity index (χ1v) is 6.75. The van der Waals surface area contributed by atoms with Crippen LogP contribution in [0.25, 0.3) is 0 Å². The van der Waals surface area contributed by atoms with Crippen molar-refractivity contribution in [2.24, 2.45) is 0 Å². The SMILES string of the molecule is CC(c1ccc(Cl)cc1)N(C)C(=O)Nc1cnsn1. The number of halogens is 1. The number of nitrogens with zero attached hydrogens (tertiary/aromatic N) is 3. The Morgan fingerprint density at radius 3 is 2.68 bits per heavy atom. The fraction of sp³-hybridized carbons (Fsp3) is 0.250. The van der Waals surface area contributed by atoms with Gasteiger partial charge in [0, 0.05) is 12.1 Å². The summed E-state index contributed by atoms with van der Waals surface area (Å²) in [5.41, 5.74) is 1.01. The molecule has 0 spiro atoms. The van der Waals surface area contributed by atoms with Crippen molar-refractivity contribution in [3.8, 4) is 0 Å². The van der Waals surface area contributed by atoms with Gasteiger partial charge in [0.05, 0.1) is 24.0 Å². The van der Waals surface area contributed by atoms with E-state index < -0.39 is 0 Å². The molecule has 0 saturated heterocycles. The van der Waals surface area contributed by atoms with E-state index in [1.807, 2.05) is 31.2 Å². The van der Waals surface area contributed by atoms with Crippen molar-refractivity contribution in [2.75, 3.05) is 12.4 Å². The highest BCUT2D eigenvalue weighted by molar-refractivity contribution is 6.99. The van der Waals surface area contributed by atoms with E-state index in [-0.39, 0.29) is 12.1 Å². The first kappa shape index (κ1) is 13.8. The van der Waals surface area contributed by atoms with Crippen molar-refractivity contribution < 1.29 is 4.79 Å². The topological polar surface area (TPSA) is 58.1 Å². The monoisotopic (exact) mass is 296 g/mol. The number of urea groups is 1. The first-order chi connectivity index (χ1) is 9.08. The molecule has 0 saturated carbocycles. The molecule has 0 radical (unpaired) electrons. The van der Waals surface area contributed by atoms with Crippen LogP contribution in [0, 0.1) is 0 Å². The number of anilines is 1. The van der Waals surface area contributed by atoms with E-state index in [4.69, 9.17) is 11.6 Å². The molecule has 1 aromatic carbocycles. The molecular formula is C12H13ClN4OS. The summed E-state index contributed by atoms with van der Waals surface area (Å²) in [4.78, 5) is 13.6. The Morgan fingerprint density at radius 1 is 1.42 bits per heavy atom. The van der Waals surface area contributed by atoms with Gasteiger partial charge in [0.15, 0.2) is 5.82 Å². The Labute approximate surface area is 120 Å². The molecule has 0 aliphatic heterocycles. The lowest BCUT2D eigenvalue weighted by Gasteiger charge is -2.25. The van der Waals surface area contributed by atoms with Crippen molar-refractivity contribution in [3.63, 3.8) is 0 Å². The van der Waals surface area contributed by atoms with Gasteiger partial charge in [-0.1, -0.05) is 23.7 Å². The molecular weight excluding hydrogens is 284 g/mol. The molecule has 1 atom stereocenters. The van der Waals surface area contributed by atoms with Crippen molar-refractivity contribution in [2.45, 2.75) is 13.0 Å². The summed E-state index contributed by atoms with van der Waals surface area (Å²) in [6.07, 6.45) is 1.52. The predicted molar refractivity (Wildman–Crippen MR) is 76.6 cm³/mol. The number of nitrogens with one attached hydrogen (secondary N) is 1. The maximum Gasteiger partial charge on any atom is 0.323 e. The van der Waals surface area contributed by atoms with Crippen LogP contribution >= 0.6 is 23.3 Å². The molecule has 1 aromatic heterocycles. The molecule has 2 rings (SSSR count). The Morgan fingerprint density at radius 2 is 2.11 bits per heavy atom. The second-order valence-electron chi connectivity index (χ2n) is 4.06.